The van der Waals surface area contributed by atoms with E-state index in [-0.39, 0.29) is 5.97 Å². The van der Waals surface area contributed by atoms with Crippen LogP contribution in [0.25, 0.3) is 10.2 Å². The molecule has 0 spiro atoms. The van der Waals surface area contributed by atoms with Crippen LogP contribution in [0.3, 0.4) is 0 Å². The van der Waals surface area contributed by atoms with Crippen molar-refractivity contribution in [2.24, 2.45) is 5.73 Å². The van der Waals surface area contributed by atoms with Crippen LogP contribution in [0.5, 0.6) is 0 Å². The van der Waals surface area contributed by atoms with Crippen molar-refractivity contribution in [3.8, 4) is 0 Å². The Morgan fingerprint density at radius 1 is 1.53 bits per heavy atom. The van der Waals surface area contributed by atoms with Crippen LogP contribution in [-0.4, -0.2) is 35.6 Å². The zero-order valence-electron chi connectivity index (χ0n) is 10.9. The van der Waals surface area contributed by atoms with Crippen LogP contribution in [-0.2, 0) is 4.74 Å². The molecule has 2 rings (SSSR count). The third-order valence-electron chi connectivity index (χ3n) is 2.62. The van der Waals surface area contributed by atoms with Gasteiger partial charge in [-0.2, -0.15) is 0 Å². The number of anilines is 1. The van der Waals surface area contributed by atoms with Gasteiger partial charge in [-0.3, -0.25) is 0 Å². The topological polar surface area (TPSA) is 90.1 Å². The Morgan fingerprint density at radius 3 is 3.00 bits per heavy atom. The maximum Gasteiger partial charge on any atom is 0.348 e. The molecule has 0 amide bonds. The van der Waals surface area contributed by atoms with E-state index in [0.29, 0.717) is 30.4 Å². The molecule has 6 nitrogen and oxygen atoms in total. The molecular weight excluding hydrogens is 264 g/mol. The minimum absolute atomic E-state index is 0.312. The number of thiophene rings is 1. The Hall–Kier alpha value is -1.73. The zero-order chi connectivity index (χ0) is 13.8. The summed E-state index contributed by atoms with van der Waals surface area (Å²) in [6.45, 7) is 5.16. The van der Waals surface area contributed by atoms with E-state index in [2.05, 4.69) is 15.3 Å². The van der Waals surface area contributed by atoms with Crippen molar-refractivity contribution >= 4 is 33.3 Å². The van der Waals surface area contributed by atoms with E-state index in [1.807, 2.05) is 6.92 Å². The Kier molecular flexibility index (Phi) is 4.28. The van der Waals surface area contributed by atoms with Gasteiger partial charge in [0.25, 0.3) is 0 Å². The quantitative estimate of drug-likeness (QED) is 0.808. The number of aryl methyl sites for hydroxylation is 1. The maximum atomic E-state index is 11.9. The molecule has 7 heteroatoms. The molecule has 2 aromatic rings. The van der Waals surface area contributed by atoms with Crippen LogP contribution in [0, 0.1) is 6.92 Å². The summed E-state index contributed by atoms with van der Waals surface area (Å²) in [5, 5.41) is 4.01. The van der Waals surface area contributed by atoms with E-state index in [0.717, 1.165) is 15.8 Å². The van der Waals surface area contributed by atoms with Crippen LogP contribution in [0.4, 0.5) is 5.82 Å². The molecular formula is C12H16N4O2S. The van der Waals surface area contributed by atoms with Gasteiger partial charge in [0.15, 0.2) is 0 Å². The molecule has 0 radical (unpaired) electrons. The van der Waals surface area contributed by atoms with Gasteiger partial charge in [0.05, 0.1) is 12.0 Å². The predicted octanol–water partition coefficient (Wildman–Crippen LogP) is 1.55. The number of hydrogen-bond acceptors (Lipinski definition) is 7. The van der Waals surface area contributed by atoms with Crippen molar-refractivity contribution in [2.75, 3.05) is 25.0 Å². The van der Waals surface area contributed by atoms with Gasteiger partial charge in [-0.05, 0) is 19.4 Å². The first-order valence-corrected chi connectivity index (χ1v) is 6.85. The SMILES string of the molecule is CCOC(=O)c1sc2ncnc(NCCN)c2c1C. The summed E-state index contributed by atoms with van der Waals surface area (Å²) in [4.78, 5) is 21.6. The number of ether oxygens (including phenoxy) is 1. The van der Waals surface area contributed by atoms with Crippen molar-refractivity contribution in [3.63, 3.8) is 0 Å². The van der Waals surface area contributed by atoms with Gasteiger partial charge in [-0.15, -0.1) is 11.3 Å². The average molecular weight is 280 g/mol. The summed E-state index contributed by atoms with van der Waals surface area (Å²) in [7, 11) is 0. The first-order valence-electron chi connectivity index (χ1n) is 6.04. The first-order chi connectivity index (χ1) is 9.19. The summed E-state index contributed by atoms with van der Waals surface area (Å²) >= 11 is 1.32. The largest absolute Gasteiger partial charge is 0.462 e. The second-order valence-corrected chi connectivity index (χ2v) is 4.89. The van der Waals surface area contributed by atoms with E-state index in [9.17, 15) is 4.79 Å². The molecule has 19 heavy (non-hydrogen) atoms. The maximum absolute atomic E-state index is 11.9. The molecule has 0 aliphatic rings. The summed E-state index contributed by atoms with van der Waals surface area (Å²) in [6, 6.07) is 0. The van der Waals surface area contributed by atoms with E-state index < -0.39 is 0 Å². The highest BCUT2D eigenvalue weighted by Crippen LogP contribution is 2.33. The van der Waals surface area contributed by atoms with Gasteiger partial charge in [-0.25, -0.2) is 14.8 Å². The van der Waals surface area contributed by atoms with Crippen LogP contribution in [0.2, 0.25) is 0 Å². The average Bonchev–Trinajstić information content (AvgIpc) is 2.75. The fraction of sp³-hybridized carbons (Fsp3) is 0.417. The smallest absolute Gasteiger partial charge is 0.348 e. The van der Waals surface area contributed by atoms with E-state index in [4.69, 9.17) is 10.5 Å². The number of nitrogens with zero attached hydrogens (tertiary/aromatic N) is 2. The van der Waals surface area contributed by atoms with Crippen molar-refractivity contribution in [3.05, 3.63) is 16.8 Å². The summed E-state index contributed by atoms with van der Waals surface area (Å²) in [5.41, 5.74) is 6.32. The number of rotatable bonds is 5. The number of carbonyl (C=O) groups excluding carboxylic acids is 1. The van der Waals surface area contributed by atoms with Gasteiger partial charge < -0.3 is 15.8 Å². The minimum Gasteiger partial charge on any atom is -0.462 e. The van der Waals surface area contributed by atoms with Crippen LogP contribution < -0.4 is 11.1 Å². The third kappa shape index (κ3) is 2.66. The molecule has 2 aromatic heterocycles. The highest BCUT2D eigenvalue weighted by Gasteiger charge is 2.19. The van der Waals surface area contributed by atoms with Gasteiger partial charge in [0.1, 0.15) is 21.9 Å². The highest BCUT2D eigenvalue weighted by atomic mass is 32.1. The lowest BCUT2D eigenvalue weighted by Crippen LogP contribution is -2.14. The predicted molar refractivity (Wildman–Crippen MR) is 75.7 cm³/mol. The lowest BCUT2D eigenvalue weighted by Gasteiger charge is -2.05. The zero-order valence-corrected chi connectivity index (χ0v) is 11.7. The Morgan fingerprint density at radius 2 is 2.32 bits per heavy atom. The Balaban J connectivity index is 2.48. The molecule has 0 aliphatic carbocycles. The number of hydrogen-bond donors (Lipinski definition) is 2. The molecule has 0 bridgehead atoms. The minimum atomic E-state index is -0.312. The second kappa shape index (κ2) is 5.94. The molecule has 0 saturated heterocycles. The van der Waals surface area contributed by atoms with Gasteiger partial charge in [0, 0.05) is 13.1 Å². The summed E-state index contributed by atoms with van der Waals surface area (Å²) in [5.74, 6) is 0.396. The lowest BCUT2D eigenvalue weighted by atomic mass is 10.2. The lowest BCUT2D eigenvalue weighted by molar-refractivity contribution is 0.0531. The molecule has 0 fully saturated rings. The number of nitrogens with two attached hydrogens (primary N) is 1. The molecule has 0 unspecified atom stereocenters. The molecule has 2 heterocycles. The number of nitrogens with one attached hydrogen (secondary N) is 1. The van der Waals surface area contributed by atoms with Crippen LogP contribution >= 0.6 is 11.3 Å². The fourth-order valence-corrected chi connectivity index (χ4v) is 2.83. The number of esters is 1. The van der Waals surface area contributed by atoms with Crippen molar-refractivity contribution < 1.29 is 9.53 Å². The van der Waals surface area contributed by atoms with Gasteiger partial charge in [-0.1, -0.05) is 0 Å². The van der Waals surface area contributed by atoms with Crippen LogP contribution in [0.1, 0.15) is 22.2 Å². The monoisotopic (exact) mass is 280 g/mol. The molecule has 3 N–H and O–H groups in total. The number of aromatic nitrogens is 2. The van der Waals surface area contributed by atoms with E-state index in [1.165, 1.54) is 17.7 Å². The van der Waals surface area contributed by atoms with E-state index >= 15 is 0 Å². The standard InChI is InChI=1S/C12H16N4O2S/c1-3-18-12(17)9-7(2)8-10(14-5-4-13)15-6-16-11(8)19-9/h6H,3-5,13H2,1-2H3,(H,14,15,16). The highest BCUT2D eigenvalue weighted by molar-refractivity contribution is 7.20. The van der Waals surface area contributed by atoms with Crippen molar-refractivity contribution in [2.45, 2.75) is 13.8 Å². The first kappa shape index (κ1) is 13.7. The Labute approximate surface area is 115 Å². The normalized spacial score (nSPS) is 10.7. The number of fused-ring (bicyclic) bond motifs is 1. The summed E-state index contributed by atoms with van der Waals surface area (Å²) in [6.07, 6.45) is 1.48. The van der Waals surface area contributed by atoms with Crippen LogP contribution in [0.15, 0.2) is 6.33 Å². The number of carbonyl (C=O) groups is 1. The molecule has 0 atom stereocenters. The third-order valence-corrected chi connectivity index (χ3v) is 3.80. The van der Waals surface area contributed by atoms with E-state index in [1.54, 1.807) is 6.92 Å². The molecule has 0 aromatic carbocycles. The molecule has 102 valence electrons. The van der Waals surface area contributed by atoms with Crippen molar-refractivity contribution in [1.29, 1.82) is 0 Å². The van der Waals surface area contributed by atoms with Gasteiger partial charge >= 0.3 is 5.97 Å². The molecule has 0 aliphatic heterocycles. The Bertz CT molecular complexity index is 597. The summed E-state index contributed by atoms with van der Waals surface area (Å²) < 4.78 is 5.04. The molecule has 0 saturated carbocycles. The fourth-order valence-electron chi connectivity index (χ4n) is 1.79. The van der Waals surface area contributed by atoms with Crippen molar-refractivity contribution in [1.82, 2.24) is 9.97 Å². The second-order valence-electron chi connectivity index (χ2n) is 3.89. The van der Waals surface area contributed by atoms with Gasteiger partial charge in [0.2, 0.25) is 0 Å².